The lowest BCUT2D eigenvalue weighted by atomic mass is 9.91. The summed E-state index contributed by atoms with van der Waals surface area (Å²) in [4.78, 5) is 23.5. The maximum Gasteiger partial charge on any atom is 0.331 e. The molecule has 2 rings (SSSR count). The van der Waals surface area contributed by atoms with E-state index in [-0.39, 0.29) is 6.61 Å². The average Bonchev–Trinajstić information content (AvgIpc) is 3.08. The predicted molar refractivity (Wildman–Crippen MR) is 95.3 cm³/mol. The zero-order chi connectivity index (χ0) is 18.9. The number of hydrogen-bond acceptors (Lipinski definition) is 6. The van der Waals surface area contributed by atoms with Gasteiger partial charge >= 0.3 is 5.97 Å². The molecule has 0 saturated carbocycles. The van der Waals surface area contributed by atoms with E-state index in [0.29, 0.717) is 5.56 Å². The second kappa shape index (κ2) is 9.65. The summed E-state index contributed by atoms with van der Waals surface area (Å²) in [6.07, 6.45) is 4.41. The summed E-state index contributed by atoms with van der Waals surface area (Å²) in [6.45, 7) is 3.56. The third-order valence-corrected chi connectivity index (χ3v) is 4.11. The van der Waals surface area contributed by atoms with Crippen LogP contribution in [0, 0.1) is 10.1 Å². The van der Waals surface area contributed by atoms with Crippen LogP contribution in [0.4, 0.5) is 0 Å². The molecule has 1 aromatic carbocycles. The molecule has 2 aromatic rings. The SMILES string of the molecule is CCCCc1cn([C@H](C(=O)OCC)[C@H](C[N+](=O)[O-])c2ccccc2)nn1. The largest absolute Gasteiger partial charge is 0.464 e. The smallest absolute Gasteiger partial charge is 0.331 e. The maximum atomic E-state index is 12.6. The van der Waals surface area contributed by atoms with Gasteiger partial charge in [-0.25, -0.2) is 9.48 Å². The Bertz CT molecular complexity index is 717. The number of esters is 1. The first kappa shape index (κ1) is 19.6. The molecule has 0 aliphatic carbocycles. The number of aryl methyl sites for hydroxylation is 1. The number of carbonyl (C=O) groups is 1. The van der Waals surface area contributed by atoms with E-state index in [1.807, 2.05) is 6.07 Å². The minimum Gasteiger partial charge on any atom is -0.464 e. The molecule has 8 heteroatoms. The van der Waals surface area contributed by atoms with Gasteiger partial charge in [0.25, 0.3) is 0 Å². The van der Waals surface area contributed by atoms with Crippen LogP contribution in [-0.4, -0.2) is 39.0 Å². The van der Waals surface area contributed by atoms with Crippen molar-refractivity contribution in [3.05, 3.63) is 57.9 Å². The Morgan fingerprint density at radius 3 is 2.65 bits per heavy atom. The zero-order valence-corrected chi connectivity index (χ0v) is 15.1. The highest BCUT2D eigenvalue weighted by molar-refractivity contribution is 5.75. The summed E-state index contributed by atoms with van der Waals surface area (Å²) in [7, 11) is 0. The first-order valence-electron chi connectivity index (χ1n) is 8.80. The Balaban J connectivity index is 2.41. The summed E-state index contributed by atoms with van der Waals surface area (Å²) in [5.41, 5.74) is 1.45. The summed E-state index contributed by atoms with van der Waals surface area (Å²) in [5.74, 6) is -1.25. The Kier molecular flexibility index (Phi) is 7.25. The van der Waals surface area contributed by atoms with Crippen molar-refractivity contribution in [2.45, 2.75) is 45.1 Å². The fraction of sp³-hybridized carbons (Fsp3) is 0.500. The van der Waals surface area contributed by atoms with Crippen molar-refractivity contribution >= 4 is 5.97 Å². The molecule has 1 aromatic heterocycles. The topological polar surface area (TPSA) is 100 Å². The predicted octanol–water partition coefficient (Wildman–Crippen LogP) is 2.79. The molecule has 0 radical (unpaired) electrons. The molecule has 2 atom stereocenters. The number of carbonyl (C=O) groups excluding carboxylic acids is 1. The van der Waals surface area contributed by atoms with Crippen molar-refractivity contribution in [2.75, 3.05) is 13.2 Å². The molecule has 1 heterocycles. The van der Waals surface area contributed by atoms with Crippen LogP contribution in [0.5, 0.6) is 0 Å². The Morgan fingerprint density at radius 2 is 2.04 bits per heavy atom. The summed E-state index contributed by atoms with van der Waals surface area (Å²) in [5, 5.41) is 19.4. The number of unbranched alkanes of at least 4 members (excludes halogenated alkanes) is 1. The fourth-order valence-corrected chi connectivity index (χ4v) is 2.85. The van der Waals surface area contributed by atoms with Gasteiger partial charge in [0.1, 0.15) is 0 Å². The van der Waals surface area contributed by atoms with Crippen LogP contribution >= 0.6 is 0 Å². The Hall–Kier alpha value is -2.77. The number of hydrogen-bond donors (Lipinski definition) is 0. The Labute approximate surface area is 152 Å². The van der Waals surface area contributed by atoms with E-state index in [9.17, 15) is 14.9 Å². The highest BCUT2D eigenvalue weighted by atomic mass is 16.6. The third kappa shape index (κ3) is 5.11. The van der Waals surface area contributed by atoms with Gasteiger partial charge in [-0.05, 0) is 25.3 Å². The number of ether oxygens (including phenoxy) is 1. The minimum atomic E-state index is -0.939. The van der Waals surface area contributed by atoms with Crippen LogP contribution in [0.1, 0.15) is 49.9 Å². The molecule has 0 bridgehead atoms. The lowest BCUT2D eigenvalue weighted by molar-refractivity contribution is -0.484. The molecular formula is C18H24N4O4. The van der Waals surface area contributed by atoms with Gasteiger partial charge in [0.15, 0.2) is 6.04 Å². The zero-order valence-electron chi connectivity index (χ0n) is 15.1. The second-order valence-corrected chi connectivity index (χ2v) is 6.02. The monoisotopic (exact) mass is 360 g/mol. The van der Waals surface area contributed by atoms with E-state index in [4.69, 9.17) is 4.74 Å². The molecule has 0 spiro atoms. The normalized spacial score (nSPS) is 13.2. The van der Waals surface area contributed by atoms with Crippen LogP contribution in [-0.2, 0) is 16.0 Å². The van der Waals surface area contributed by atoms with Crippen LogP contribution < -0.4 is 0 Å². The van der Waals surface area contributed by atoms with E-state index in [2.05, 4.69) is 17.2 Å². The number of benzene rings is 1. The van der Waals surface area contributed by atoms with Gasteiger partial charge in [-0.1, -0.05) is 48.9 Å². The van der Waals surface area contributed by atoms with Crippen molar-refractivity contribution in [3.8, 4) is 0 Å². The quantitative estimate of drug-likeness (QED) is 0.367. The van der Waals surface area contributed by atoms with E-state index < -0.39 is 29.4 Å². The van der Waals surface area contributed by atoms with Gasteiger partial charge in [0.05, 0.1) is 18.2 Å². The van der Waals surface area contributed by atoms with Crippen molar-refractivity contribution in [1.82, 2.24) is 15.0 Å². The van der Waals surface area contributed by atoms with E-state index in [0.717, 1.165) is 25.0 Å². The van der Waals surface area contributed by atoms with Crippen LogP contribution in [0.25, 0.3) is 0 Å². The summed E-state index contributed by atoms with van der Waals surface area (Å²) in [6, 6.07) is 8.01. The number of nitrogens with zero attached hydrogens (tertiary/aromatic N) is 4. The molecule has 8 nitrogen and oxygen atoms in total. The van der Waals surface area contributed by atoms with Gasteiger partial charge in [-0.3, -0.25) is 10.1 Å². The highest BCUT2D eigenvalue weighted by Gasteiger charge is 2.37. The lowest BCUT2D eigenvalue weighted by Crippen LogP contribution is -2.32. The number of nitro groups is 1. The molecule has 26 heavy (non-hydrogen) atoms. The minimum absolute atomic E-state index is 0.187. The van der Waals surface area contributed by atoms with Gasteiger partial charge in [0.2, 0.25) is 6.54 Å². The molecule has 0 unspecified atom stereocenters. The van der Waals surface area contributed by atoms with Crippen molar-refractivity contribution in [3.63, 3.8) is 0 Å². The molecule has 0 aliphatic rings. The first-order chi connectivity index (χ1) is 12.6. The van der Waals surface area contributed by atoms with Crippen LogP contribution in [0.3, 0.4) is 0 Å². The van der Waals surface area contributed by atoms with Crippen LogP contribution in [0.15, 0.2) is 36.5 Å². The third-order valence-electron chi connectivity index (χ3n) is 4.11. The number of rotatable bonds is 10. The summed E-state index contributed by atoms with van der Waals surface area (Å²) < 4.78 is 6.59. The van der Waals surface area contributed by atoms with Gasteiger partial charge in [0, 0.05) is 11.1 Å². The molecular weight excluding hydrogens is 336 g/mol. The number of aromatic nitrogens is 3. The summed E-state index contributed by atoms with van der Waals surface area (Å²) >= 11 is 0. The lowest BCUT2D eigenvalue weighted by Gasteiger charge is -2.23. The first-order valence-corrected chi connectivity index (χ1v) is 8.80. The van der Waals surface area contributed by atoms with Crippen molar-refractivity contribution in [1.29, 1.82) is 0 Å². The Morgan fingerprint density at radius 1 is 1.31 bits per heavy atom. The highest BCUT2D eigenvalue weighted by Crippen LogP contribution is 2.30. The van der Waals surface area contributed by atoms with Gasteiger partial charge in [-0.15, -0.1) is 5.10 Å². The van der Waals surface area contributed by atoms with Crippen molar-refractivity contribution < 1.29 is 14.5 Å². The molecule has 0 saturated heterocycles. The molecule has 0 amide bonds. The fourth-order valence-electron chi connectivity index (χ4n) is 2.85. The van der Waals surface area contributed by atoms with Crippen LogP contribution in [0.2, 0.25) is 0 Å². The molecule has 0 aliphatic heterocycles. The van der Waals surface area contributed by atoms with Gasteiger partial charge < -0.3 is 4.74 Å². The van der Waals surface area contributed by atoms with Gasteiger partial charge in [-0.2, -0.15) is 0 Å². The molecule has 0 fully saturated rings. The molecule has 140 valence electrons. The standard InChI is InChI=1S/C18H24N4O4/c1-3-5-11-15-12-21(20-19-15)17(18(23)26-4-2)16(13-22(24)25)14-9-7-6-8-10-14/h6-10,12,16-17H,3-5,11,13H2,1-2H3/t16-,17+/m1/s1. The van der Waals surface area contributed by atoms with E-state index >= 15 is 0 Å². The van der Waals surface area contributed by atoms with E-state index in [1.165, 1.54) is 4.68 Å². The maximum absolute atomic E-state index is 12.6. The second-order valence-electron chi connectivity index (χ2n) is 6.02. The molecule has 0 N–H and O–H groups in total. The average molecular weight is 360 g/mol. The van der Waals surface area contributed by atoms with Crippen molar-refractivity contribution in [2.24, 2.45) is 0 Å². The van der Waals surface area contributed by atoms with E-state index in [1.54, 1.807) is 37.4 Å².